The maximum Gasteiger partial charge on any atom is 0.412 e. The van der Waals surface area contributed by atoms with Crippen LogP contribution in [0.1, 0.15) is 20.8 Å². The third-order valence-corrected chi connectivity index (χ3v) is 2.91. The van der Waals surface area contributed by atoms with E-state index in [1.54, 1.807) is 51.1 Å². The highest BCUT2D eigenvalue weighted by Crippen LogP contribution is 2.23. The first-order valence-electron chi connectivity index (χ1n) is 7.77. The zero-order chi connectivity index (χ0) is 18.6. The number of benzene rings is 1. The highest BCUT2D eigenvalue weighted by atomic mass is 16.6. The molecule has 0 aliphatic rings. The standard InChI is InChI=1S/C17H17N5O4/c1-17(2,3)26-16(23)20-11-4-6-12(7-5-11)25-13-8-9-18-14(21-13)15-19-10-24-22-15/h4-10H,1-3H3,(H,20,23). The first-order valence-corrected chi connectivity index (χ1v) is 7.77. The van der Waals surface area contributed by atoms with Gasteiger partial charge in [-0.3, -0.25) is 5.32 Å². The van der Waals surface area contributed by atoms with Crippen molar-refractivity contribution in [2.24, 2.45) is 0 Å². The van der Waals surface area contributed by atoms with Gasteiger partial charge in [0.25, 0.3) is 0 Å². The molecule has 0 radical (unpaired) electrons. The molecule has 0 unspecified atom stereocenters. The summed E-state index contributed by atoms with van der Waals surface area (Å²) in [4.78, 5) is 23.9. The zero-order valence-electron chi connectivity index (χ0n) is 14.5. The maximum atomic E-state index is 11.8. The van der Waals surface area contributed by atoms with Gasteiger partial charge in [-0.15, -0.1) is 0 Å². The summed E-state index contributed by atoms with van der Waals surface area (Å²) in [7, 11) is 0. The monoisotopic (exact) mass is 355 g/mol. The molecule has 0 saturated heterocycles. The summed E-state index contributed by atoms with van der Waals surface area (Å²) in [5.41, 5.74) is 0.0260. The van der Waals surface area contributed by atoms with Gasteiger partial charge in [0.15, 0.2) is 0 Å². The van der Waals surface area contributed by atoms with Crippen LogP contribution in [0.4, 0.5) is 10.5 Å². The molecule has 9 nitrogen and oxygen atoms in total. The van der Waals surface area contributed by atoms with Gasteiger partial charge in [0.05, 0.1) is 0 Å². The number of aromatic nitrogens is 4. The molecule has 0 bridgehead atoms. The average molecular weight is 355 g/mol. The minimum absolute atomic E-state index is 0.271. The van der Waals surface area contributed by atoms with Crippen LogP contribution in [0, 0.1) is 0 Å². The van der Waals surface area contributed by atoms with E-state index < -0.39 is 11.7 Å². The van der Waals surface area contributed by atoms with Crippen molar-refractivity contribution < 1.29 is 18.8 Å². The molecular formula is C17H17N5O4. The smallest absolute Gasteiger partial charge is 0.412 e. The Hall–Kier alpha value is -3.49. The predicted octanol–water partition coefficient (Wildman–Crippen LogP) is 3.67. The number of nitrogens with one attached hydrogen (secondary N) is 1. The number of hydrogen-bond donors (Lipinski definition) is 1. The Morgan fingerprint density at radius 2 is 1.85 bits per heavy atom. The lowest BCUT2D eigenvalue weighted by atomic mass is 10.2. The van der Waals surface area contributed by atoms with Gasteiger partial charge in [-0.05, 0) is 45.0 Å². The molecule has 0 saturated carbocycles. The summed E-state index contributed by atoms with van der Waals surface area (Å²) >= 11 is 0. The molecule has 134 valence electrons. The Balaban J connectivity index is 1.65. The fraction of sp³-hybridized carbons (Fsp3) is 0.235. The van der Waals surface area contributed by atoms with E-state index in [9.17, 15) is 4.79 Å². The molecule has 26 heavy (non-hydrogen) atoms. The minimum atomic E-state index is -0.559. The highest BCUT2D eigenvalue weighted by molar-refractivity contribution is 5.84. The second kappa shape index (κ2) is 7.18. The Bertz CT molecular complexity index is 873. The maximum absolute atomic E-state index is 11.8. The molecule has 2 aromatic heterocycles. The minimum Gasteiger partial charge on any atom is -0.444 e. The summed E-state index contributed by atoms with van der Waals surface area (Å²) in [6.07, 6.45) is 2.21. The normalized spacial score (nSPS) is 11.0. The molecule has 1 aromatic carbocycles. The Morgan fingerprint density at radius 1 is 1.08 bits per heavy atom. The van der Waals surface area contributed by atoms with Crippen LogP contribution in [0.15, 0.2) is 47.4 Å². The lowest BCUT2D eigenvalue weighted by molar-refractivity contribution is 0.0636. The van der Waals surface area contributed by atoms with Gasteiger partial charge in [-0.25, -0.2) is 9.78 Å². The van der Waals surface area contributed by atoms with Gasteiger partial charge >= 0.3 is 6.09 Å². The number of carbonyl (C=O) groups excluding carboxylic acids is 1. The van der Waals surface area contributed by atoms with E-state index in [2.05, 4.69) is 29.9 Å². The first-order chi connectivity index (χ1) is 12.4. The fourth-order valence-electron chi connectivity index (χ4n) is 1.92. The topological polar surface area (TPSA) is 112 Å². The van der Waals surface area contributed by atoms with Crippen LogP contribution >= 0.6 is 0 Å². The third-order valence-electron chi connectivity index (χ3n) is 2.91. The van der Waals surface area contributed by atoms with Crippen molar-refractivity contribution in [1.82, 2.24) is 20.1 Å². The molecule has 0 spiro atoms. The fourth-order valence-corrected chi connectivity index (χ4v) is 1.92. The van der Waals surface area contributed by atoms with E-state index in [1.807, 2.05) is 0 Å². The second-order valence-electron chi connectivity index (χ2n) is 6.23. The van der Waals surface area contributed by atoms with Crippen molar-refractivity contribution >= 4 is 11.8 Å². The molecule has 3 rings (SSSR count). The lowest BCUT2D eigenvalue weighted by Crippen LogP contribution is -2.27. The number of hydrogen-bond acceptors (Lipinski definition) is 8. The molecular weight excluding hydrogens is 338 g/mol. The van der Waals surface area contributed by atoms with Gasteiger partial charge in [0.2, 0.25) is 23.9 Å². The van der Waals surface area contributed by atoms with E-state index >= 15 is 0 Å². The van der Waals surface area contributed by atoms with Crippen LogP contribution in [0.2, 0.25) is 0 Å². The zero-order valence-corrected chi connectivity index (χ0v) is 14.5. The number of anilines is 1. The predicted molar refractivity (Wildman–Crippen MR) is 91.7 cm³/mol. The SMILES string of the molecule is CC(C)(C)OC(=O)Nc1ccc(Oc2ccnc(-c3ncon3)n2)cc1. The molecule has 0 fully saturated rings. The van der Waals surface area contributed by atoms with E-state index in [1.165, 1.54) is 12.6 Å². The van der Waals surface area contributed by atoms with E-state index in [0.29, 0.717) is 23.1 Å². The summed E-state index contributed by atoms with van der Waals surface area (Å²) in [6, 6.07) is 8.39. The Kier molecular flexibility index (Phi) is 4.78. The summed E-state index contributed by atoms with van der Waals surface area (Å²) in [6.45, 7) is 5.40. The van der Waals surface area contributed by atoms with Crippen molar-refractivity contribution in [2.75, 3.05) is 5.32 Å². The molecule has 1 N–H and O–H groups in total. The van der Waals surface area contributed by atoms with Crippen molar-refractivity contribution in [1.29, 1.82) is 0 Å². The largest absolute Gasteiger partial charge is 0.444 e. The quantitative estimate of drug-likeness (QED) is 0.754. The van der Waals surface area contributed by atoms with Gasteiger partial charge in [-0.1, -0.05) is 5.16 Å². The molecule has 2 heterocycles. The van der Waals surface area contributed by atoms with Crippen molar-refractivity contribution in [3.05, 3.63) is 42.9 Å². The van der Waals surface area contributed by atoms with Crippen molar-refractivity contribution in [3.63, 3.8) is 0 Å². The van der Waals surface area contributed by atoms with Crippen molar-refractivity contribution in [2.45, 2.75) is 26.4 Å². The molecule has 0 aliphatic carbocycles. The molecule has 9 heteroatoms. The first kappa shape index (κ1) is 17.3. The van der Waals surface area contributed by atoms with Crippen molar-refractivity contribution in [3.8, 4) is 23.3 Å². The molecule has 0 atom stereocenters. The van der Waals surface area contributed by atoms with Crippen LogP contribution in [0.25, 0.3) is 11.6 Å². The van der Waals surface area contributed by atoms with Crippen LogP contribution < -0.4 is 10.1 Å². The van der Waals surface area contributed by atoms with E-state index in [0.717, 1.165) is 0 Å². The average Bonchev–Trinajstić information content (AvgIpc) is 3.10. The molecule has 3 aromatic rings. The molecule has 1 amide bonds. The van der Waals surface area contributed by atoms with Gasteiger partial charge < -0.3 is 14.0 Å². The third kappa shape index (κ3) is 4.76. The van der Waals surface area contributed by atoms with E-state index in [-0.39, 0.29) is 5.82 Å². The Morgan fingerprint density at radius 3 is 2.50 bits per heavy atom. The number of nitrogens with zero attached hydrogens (tertiary/aromatic N) is 4. The van der Waals surface area contributed by atoms with Crippen LogP contribution in [-0.2, 0) is 4.74 Å². The summed E-state index contributed by atoms with van der Waals surface area (Å²) in [5.74, 6) is 1.43. The summed E-state index contributed by atoms with van der Waals surface area (Å²) in [5, 5.41) is 6.33. The van der Waals surface area contributed by atoms with E-state index in [4.69, 9.17) is 9.47 Å². The lowest BCUT2D eigenvalue weighted by Gasteiger charge is -2.19. The molecule has 0 aliphatic heterocycles. The second-order valence-corrected chi connectivity index (χ2v) is 6.23. The number of carbonyl (C=O) groups is 1. The van der Waals surface area contributed by atoms with Crippen LogP contribution in [0.3, 0.4) is 0 Å². The number of amides is 1. The van der Waals surface area contributed by atoms with Crippen LogP contribution in [-0.4, -0.2) is 31.8 Å². The Labute approximate surface area is 149 Å². The number of rotatable bonds is 4. The van der Waals surface area contributed by atoms with Gasteiger partial charge in [0.1, 0.15) is 11.4 Å². The van der Waals surface area contributed by atoms with Gasteiger partial charge in [0, 0.05) is 18.0 Å². The summed E-state index contributed by atoms with van der Waals surface area (Å²) < 4.78 is 15.6. The van der Waals surface area contributed by atoms with Crippen LogP contribution in [0.5, 0.6) is 11.6 Å². The van der Waals surface area contributed by atoms with Gasteiger partial charge in [-0.2, -0.15) is 9.97 Å². The number of ether oxygens (including phenoxy) is 2. The highest BCUT2D eigenvalue weighted by Gasteiger charge is 2.16.